The molecular formula is C60H39BrN4. The second-order valence-corrected chi connectivity index (χ2v) is 17.5. The van der Waals surface area contributed by atoms with Crippen LogP contribution in [0.15, 0.2) is 241 Å². The number of aromatic nitrogens is 4. The van der Waals surface area contributed by atoms with Gasteiger partial charge in [-0.3, -0.25) is 0 Å². The predicted molar refractivity (Wildman–Crippen MR) is 278 cm³/mol. The van der Waals surface area contributed by atoms with Crippen molar-refractivity contribution in [3.05, 3.63) is 241 Å². The van der Waals surface area contributed by atoms with Gasteiger partial charge in [0.15, 0.2) is 0 Å². The van der Waals surface area contributed by atoms with Crippen LogP contribution in [0.2, 0.25) is 0 Å². The number of hydrogen-bond donors (Lipinski definition) is 0. The van der Waals surface area contributed by atoms with Crippen molar-refractivity contribution in [2.24, 2.45) is 0 Å². The van der Waals surface area contributed by atoms with E-state index in [9.17, 15) is 0 Å². The smallest absolute Gasteiger partial charge is 0.0788 e. The first-order chi connectivity index (χ1) is 32.2. The maximum absolute atomic E-state index is 3.70. The Labute approximate surface area is 383 Å². The number of benzene rings is 10. The molecule has 14 rings (SSSR count). The summed E-state index contributed by atoms with van der Waals surface area (Å²) in [5.41, 5.74) is 14.5. The van der Waals surface area contributed by atoms with Gasteiger partial charge in [-0.25, -0.2) is 0 Å². The van der Waals surface area contributed by atoms with E-state index in [1.165, 1.54) is 104 Å². The summed E-state index contributed by atoms with van der Waals surface area (Å²) in [5, 5.41) is 10.1. The van der Waals surface area contributed by atoms with Crippen LogP contribution in [0.3, 0.4) is 0 Å². The van der Waals surface area contributed by atoms with Gasteiger partial charge in [0.05, 0.1) is 44.1 Å². The molecule has 10 aromatic carbocycles. The fourth-order valence-electron chi connectivity index (χ4n) is 10.4. The number of para-hydroxylation sites is 7. The van der Waals surface area contributed by atoms with Crippen molar-refractivity contribution < 1.29 is 0 Å². The van der Waals surface area contributed by atoms with Crippen LogP contribution >= 0.6 is 15.9 Å². The van der Waals surface area contributed by atoms with Crippen LogP contribution in [0.1, 0.15) is 0 Å². The molecule has 0 aliphatic rings. The normalized spacial score (nSPS) is 11.8. The van der Waals surface area contributed by atoms with E-state index in [0.717, 1.165) is 10.2 Å². The maximum Gasteiger partial charge on any atom is 0.0788 e. The summed E-state index contributed by atoms with van der Waals surface area (Å²) in [5.74, 6) is 0. The fourth-order valence-corrected chi connectivity index (χ4v) is 10.8. The molecule has 0 spiro atoms. The van der Waals surface area contributed by atoms with Crippen LogP contribution in [0.4, 0.5) is 0 Å². The highest BCUT2D eigenvalue weighted by atomic mass is 79.9. The summed E-state index contributed by atoms with van der Waals surface area (Å²) in [7, 11) is 0. The Bertz CT molecular complexity index is 3970. The summed E-state index contributed by atoms with van der Waals surface area (Å²) >= 11 is 3.70. The number of halogens is 1. The molecule has 306 valence electrons. The minimum atomic E-state index is 1.09. The van der Waals surface area contributed by atoms with E-state index in [1.807, 2.05) is 0 Å². The summed E-state index contributed by atoms with van der Waals surface area (Å²) in [4.78, 5) is 0. The van der Waals surface area contributed by atoms with Crippen LogP contribution < -0.4 is 0 Å². The lowest BCUT2D eigenvalue weighted by Crippen LogP contribution is -1.98. The average Bonchev–Trinajstić information content (AvgIpc) is 4.10. The van der Waals surface area contributed by atoms with Crippen molar-refractivity contribution >= 4 is 103 Å². The van der Waals surface area contributed by atoms with Crippen molar-refractivity contribution in [2.75, 3.05) is 0 Å². The summed E-state index contributed by atoms with van der Waals surface area (Å²) < 4.78 is 10.8. The minimum Gasteiger partial charge on any atom is -0.307 e. The Hall–Kier alpha value is -8.12. The average molecular weight is 896 g/mol. The van der Waals surface area contributed by atoms with Crippen molar-refractivity contribution in [2.45, 2.75) is 0 Å². The van der Waals surface area contributed by atoms with Gasteiger partial charge in [0.25, 0.3) is 0 Å². The number of nitrogens with zero attached hydrogens (tertiary/aromatic N) is 4. The van der Waals surface area contributed by atoms with Crippen LogP contribution in [0.5, 0.6) is 0 Å². The first-order valence-electron chi connectivity index (χ1n) is 22.1. The van der Waals surface area contributed by atoms with Crippen LogP contribution in [0, 0.1) is 0 Å². The van der Waals surface area contributed by atoms with Crippen molar-refractivity contribution in [3.63, 3.8) is 0 Å². The van der Waals surface area contributed by atoms with Gasteiger partial charge < -0.3 is 18.3 Å². The molecule has 0 atom stereocenters. The Morgan fingerprint density at radius 1 is 0.215 bits per heavy atom. The molecule has 0 aliphatic heterocycles. The van der Waals surface area contributed by atoms with Gasteiger partial charge in [0.2, 0.25) is 0 Å². The second kappa shape index (κ2) is 15.0. The molecule has 4 heterocycles. The SMILES string of the molecule is Brc1ccc2c(c1)c1ccc3c4ccccc4n(-c4ccccc4)c3c1n2-c1ccccc1.c1ccc(-n2c3ccccc3c3ccc4c5ccccc5n(-c5ccccc5)c4c32)cc1. The largest absolute Gasteiger partial charge is 0.307 e. The molecule has 0 amide bonds. The van der Waals surface area contributed by atoms with Gasteiger partial charge in [0.1, 0.15) is 0 Å². The zero-order chi connectivity index (χ0) is 43.0. The van der Waals surface area contributed by atoms with Gasteiger partial charge in [-0.15, -0.1) is 0 Å². The molecule has 0 radical (unpaired) electrons. The highest BCUT2D eigenvalue weighted by molar-refractivity contribution is 9.10. The van der Waals surface area contributed by atoms with E-state index >= 15 is 0 Å². The first kappa shape index (κ1) is 37.4. The molecule has 4 aromatic heterocycles. The highest BCUT2D eigenvalue weighted by Crippen LogP contribution is 2.44. The molecule has 4 nitrogen and oxygen atoms in total. The molecule has 0 saturated carbocycles. The summed E-state index contributed by atoms with van der Waals surface area (Å²) in [6.07, 6.45) is 0. The molecule has 0 fully saturated rings. The lowest BCUT2D eigenvalue weighted by molar-refractivity contribution is 1.15. The van der Waals surface area contributed by atoms with E-state index < -0.39 is 0 Å². The van der Waals surface area contributed by atoms with Gasteiger partial charge >= 0.3 is 0 Å². The summed E-state index contributed by atoms with van der Waals surface area (Å²) in [6, 6.07) is 84.6. The fraction of sp³-hybridized carbons (Fsp3) is 0. The molecular weight excluding hydrogens is 857 g/mol. The van der Waals surface area contributed by atoms with E-state index in [4.69, 9.17) is 0 Å². The van der Waals surface area contributed by atoms with Crippen LogP contribution in [0.25, 0.3) is 110 Å². The lowest BCUT2D eigenvalue weighted by atomic mass is 10.1. The molecule has 0 unspecified atom stereocenters. The van der Waals surface area contributed by atoms with Crippen molar-refractivity contribution in [1.82, 2.24) is 18.3 Å². The number of hydrogen-bond acceptors (Lipinski definition) is 0. The van der Waals surface area contributed by atoms with Crippen molar-refractivity contribution in [3.8, 4) is 22.7 Å². The zero-order valence-corrected chi connectivity index (χ0v) is 36.8. The van der Waals surface area contributed by atoms with E-state index in [-0.39, 0.29) is 0 Å². The Morgan fingerprint density at radius 3 is 0.800 bits per heavy atom. The molecule has 0 N–H and O–H groups in total. The van der Waals surface area contributed by atoms with E-state index in [2.05, 4.69) is 271 Å². The molecule has 0 bridgehead atoms. The number of fused-ring (bicyclic) bond motifs is 14. The number of rotatable bonds is 4. The highest BCUT2D eigenvalue weighted by Gasteiger charge is 2.23. The molecule has 0 saturated heterocycles. The first-order valence-corrected chi connectivity index (χ1v) is 22.8. The third kappa shape index (κ3) is 5.76. The topological polar surface area (TPSA) is 19.7 Å². The van der Waals surface area contributed by atoms with Gasteiger partial charge in [0, 0.05) is 70.3 Å². The molecule has 65 heavy (non-hydrogen) atoms. The Morgan fingerprint density at radius 2 is 0.477 bits per heavy atom. The minimum absolute atomic E-state index is 1.09. The molecule has 0 aliphatic carbocycles. The van der Waals surface area contributed by atoms with Gasteiger partial charge in [-0.05, 0) is 84.9 Å². The van der Waals surface area contributed by atoms with E-state index in [0.29, 0.717) is 0 Å². The third-order valence-corrected chi connectivity index (χ3v) is 13.5. The Balaban J connectivity index is 0.000000130. The zero-order valence-electron chi connectivity index (χ0n) is 35.2. The van der Waals surface area contributed by atoms with Crippen LogP contribution in [-0.4, -0.2) is 18.3 Å². The molecule has 5 heteroatoms. The van der Waals surface area contributed by atoms with Crippen LogP contribution in [-0.2, 0) is 0 Å². The maximum atomic E-state index is 3.70. The quantitative estimate of drug-likeness (QED) is 0.168. The Kier molecular flexibility index (Phi) is 8.65. The predicted octanol–water partition coefficient (Wildman–Crippen LogP) is 16.5. The van der Waals surface area contributed by atoms with Gasteiger partial charge in [-0.2, -0.15) is 0 Å². The third-order valence-electron chi connectivity index (χ3n) is 13.0. The van der Waals surface area contributed by atoms with Gasteiger partial charge in [-0.1, -0.05) is 168 Å². The lowest BCUT2D eigenvalue weighted by Gasteiger charge is -2.12. The second-order valence-electron chi connectivity index (χ2n) is 16.6. The monoisotopic (exact) mass is 894 g/mol. The molecule has 14 aromatic rings. The van der Waals surface area contributed by atoms with Crippen molar-refractivity contribution in [1.29, 1.82) is 0 Å². The van der Waals surface area contributed by atoms with E-state index in [1.54, 1.807) is 0 Å². The standard InChI is InChI=1S/C30H19BrN2.C30H20N2/c31-20-15-18-28-26(19-20)25-17-16-24-23-13-7-8-14-27(23)32(21-9-3-1-4-10-21)29(24)30(25)33(28)22-11-5-2-6-12-22;1-3-11-21(12-4-1)31-27-17-9-7-15-23(27)25-19-20-26-24-16-8-10-18-28(24)32(30(26)29(25)31)22-13-5-2-6-14-22/h1-19H;1-20H. The summed E-state index contributed by atoms with van der Waals surface area (Å²) in [6.45, 7) is 0.